The standard InChI is InChI=1S/C17H21NO2S/c1-3-4-5-6-15-9-12-17(18-13-15)21(19,20)16-10-7-14(2)8-11-16/h7-13H,3-6H2,1-2H3. The molecule has 0 atom stereocenters. The third kappa shape index (κ3) is 3.91. The van der Waals surface area contributed by atoms with Crippen molar-refractivity contribution in [2.45, 2.75) is 49.5 Å². The van der Waals surface area contributed by atoms with Crippen LogP contribution in [0.4, 0.5) is 0 Å². The summed E-state index contributed by atoms with van der Waals surface area (Å²) < 4.78 is 24.9. The highest BCUT2D eigenvalue weighted by Crippen LogP contribution is 2.19. The Bertz CT molecular complexity index is 674. The summed E-state index contributed by atoms with van der Waals surface area (Å²) in [6, 6.07) is 10.3. The van der Waals surface area contributed by atoms with E-state index in [-0.39, 0.29) is 5.03 Å². The van der Waals surface area contributed by atoms with Crippen molar-refractivity contribution in [3.05, 3.63) is 53.7 Å². The molecule has 1 aromatic heterocycles. The van der Waals surface area contributed by atoms with Crippen LogP contribution in [-0.4, -0.2) is 13.4 Å². The molecule has 2 aromatic rings. The van der Waals surface area contributed by atoms with Gasteiger partial charge >= 0.3 is 0 Å². The monoisotopic (exact) mass is 303 g/mol. The van der Waals surface area contributed by atoms with Gasteiger partial charge in [0.05, 0.1) is 4.90 Å². The molecule has 0 amide bonds. The number of hydrogen-bond donors (Lipinski definition) is 0. The number of unbranched alkanes of at least 4 members (excludes halogenated alkanes) is 2. The molecule has 1 heterocycles. The number of nitrogens with zero attached hydrogens (tertiary/aromatic N) is 1. The lowest BCUT2D eigenvalue weighted by Gasteiger charge is -2.06. The molecule has 0 saturated carbocycles. The summed E-state index contributed by atoms with van der Waals surface area (Å²) in [5, 5.41) is 0.116. The number of hydrogen-bond acceptors (Lipinski definition) is 3. The molecule has 4 heteroatoms. The lowest BCUT2D eigenvalue weighted by atomic mass is 10.1. The van der Waals surface area contributed by atoms with Crippen LogP contribution in [0.5, 0.6) is 0 Å². The fourth-order valence-corrected chi connectivity index (χ4v) is 3.31. The second kappa shape index (κ2) is 6.85. The third-order valence-electron chi connectivity index (χ3n) is 3.47. The van der Waals surface area contributed by atoms with E-state index >= 15 is 0 Å². The molecule has 2 rings (SSSR count). The van der Waals surface area contributed by atoms with Crippen LogP contribution >= 0.6 is 0 Å². The van der Waals surface area contributed by atoms with E-state index in [1.807, 2.05) is 13.0 Å². The van der Waals surface area contributed by atoms with E-state index in [2.05, 4.69) is 11.9 Å². The Balaban J connectivity index is 2.19. The first-order valence-electron chi connectivity index (χ1n) is 7.30. The highest BCUT2D eigenvalue weighted by molar-refractivity contribution is 7.91. The Morgan fingerprint density at radius 3 is 2.29 bits per heavy atom. The van der Waals surface area contributed by atoms with Crippen LogP contribution in [0.2, 0.25) is 0 Å². The van der Waals surface area contributed by atoms with E-state index in [0.29, 0.717) is 4.90 Å². The summed E-state index contributed by atoms with van der Waals surface area (Å²) in [7, 11) is -3.51. The van der Waals surface area contributed by atoms with Gasteiger partial charge in [0, 0.05) is 6.20 Å². The van der Waals surface area contributed by atoms with Crippen molar-refractivity contribution in [1.82, 2.24) is 4.98 Å². The topological polar surface area (TPSA) is 47.0 Å². The SMILES string of the molecule is CCCCCc1ccc(S(=O)(=O)c2ccc(C)cc2)nc1. The Kier molecular flexibility index (Phi) is 5.12. The lowest BCUT2D eigenvalue weighted by molar-refractivity contribution is 0.592. The Hall–Kier alpha value is -1.68. The van der Waals surface area contributed by atoms with Gasteiger partial charge in [-0.1, -0.05) is 43.5 Å². The Labute approximate surface area is 127 Å². The van der Waals surface area contributed by atoms with Gasteiger partial charge in [-0.25, -0.2) is 13.4 Å². The zero-order chi connectivity index (χ0) is 15.3. The van der Waals surface area contributed by atoms with E-state index in [1.165, 1.54) is 12.8 Å². The van der Waals surface area contributed by atoms with Crippen LogP contribution in [0.15, 0.2) is 52.5 Å². The summed E-state index contributed by atoms with van der Waals surface area (Å²) in [6.07, 6.45) is 6.10. The van der Waals surface area contributed by atoms with Crippen molar-refractivity contribution in [1.29, 1.82) is 0 Å². The van der Waals surface area contributed by atoms with E-state index in [9.17, 15) is 8.42 Å². The molecule has 0 aliphatic carbocycles. The zero-order valence-corrected chi connectivity index (χ0v) is 13.4. The van der Waals surface area contributed by atoms with Crippen LogP contribution in [0.3, 0.4) is 0 Å². The highest BCUT2D eigenvalue weighted by Gasteiger charge is 2.18. The molecule has 0 spiro atoms. The summed E-state index contributed by atoms with van der Waals surface area (Å²) in [5.41, 5.74) is 2.12. The Morgan fingerprint density at radius 2 is 1.71 bits per heavy atom. The van der Waals surface area contributed by atoms with Gasteiger partial charge in [-0.15, -0.1) is 0 Å². The molecule has 0 radical (unpaired) electrons. The molecule has 0 N–H and O–H groups in total. The zero-order valence-electron chi connectivity index (χ0n) is 12.5. The van der Waals surface area contributed by atoms with E-state index in [1.54, 1.807) is 36.5 Å². The fourth-order valence-electron chi connectivity index (χ4n) is 2.14. The molecule has 112 valence electrons. The second-order valence-electron chi connectivity index (χ2n) is 5.28. The number of aryl methyl sites for hydroxylation is 2. The maximum Gasteiger partial charge on any atom is 0.223 e. The maximum atomic E-state index is 12.5. The number of benzene rings is 1. The molecular weight excluding hydrogens is 282 g/mol. The number of sulfone groups is 1. The van der Waals surface area contributed by atoms with Gasteiger partial charge in [0.25, 0.3) is 0 Å². The lowest BCUT2D eigenvalue weighted by Crippen LogP contribution is -2.04. The molecule has 3 nitrogen and oxygen atoms in total. The van der Waals surface area contributed by atoms with Crippen molar-refractivity contribution in [3.63, 3.8) is 0 Å². The average molecular weight is 303 g/mol. The first kappa shape index (κ1) is 15.7. The van der Waals surface area contributed by atoms with Crippen LogP contribution in [0.25, 0.3) is 0 Å². The minimum atomic E-state index is -3.51. The van der Waals surface area contributed by atoms with Gasteiger partial charge in [0.15, 0.2) is 5.03 Å². The van der Waals surface area contributed by atoms with E-state index in [4.69, 9.17) is 0 Å². The summed E-state index contributed by atoms with van der Waals surface area (Å²) in [5.74, 6) is 0. The molecule has 0 saturated heterocycles. The molecule has 0 bridgehead atoms. The largest absolute Gasteiger partial charge is 0.244 e. The third-order valence-corrected chi connectivity index (χ3v) is 5.16. The van der Waals surface area contributed by atoms with Crippen LogP contribution in [0.1, 0.15) is 37.3 Å². The minimum absolute atomic E-state index is 0.116. The minimum Gasteiger partial charge on any atom is -0.244 e. The molecule has 1 aromatic carbocycles. The van der Waals surface area contributed by atoms with Crippen molar-refractivity contribution >= 4 is 9.84 Å². The normalized spacial score (nSPS) is 11.5. The van der Waals surface area contributed by atoms with E-state index in [0.717, 1.165) is 24.0 Å². The van der Waals surface area contributed by atoms with Gasteiger partial charge in [-0.3, -0.25) is 0 Å². The first-order valence-corrected chi connectivity index (χ1v) is 8.79. The van der Waals surface area contributed by atoms with Crippen LogP contribution < -0.4 is 0 Å². The fraction of sp³-hybridized carbons (Fsp3) is 0.353. The predicted molar refractivity (Wildman–Crippen MR) is 84.1 cm³/mol. The Morgan fingerprint density at radius 1 is 1.00 bits per heavy atom. The average Bonchev–Trinajstić information content (AvgIpc) is 2.48. The van der Waals surface area contributed by atoms with Gasteiger partial charge < -0.3 is 0 Å². The van der Waals surface area contributed by atoms with Crippen molar-refractivity contribution in [2.75, 3.05) is 0 Å². The molecule has 0 fully saturated rings. The van der Waals surface area contributed by atoms with E-state index < -0.39 is 9.84 Å². The van der Waals surface area contributed by atoms with Gasteiger partial charge in [0.1, 0.15) is 0 Å². The quantitative estimate of drug-likeness (QED) is 0.759. The molecule has 0 aliphatic rings. The van der Waals surface area contributed by atoms with Gasteiger partial charge in [-0.05, 0) is 43.5 Å². The number of rotatable bonds is 6. The van der Waals surface area contributed by atoms with Gasteiger partial charge in [-0.2, -0.15) is 0 Å². The van der Waals surface area contributed by atoms with Crippen molar-refractivity contribution in [2.24, 2.45) is 0 Å². The second-order valence-corrected chi connectivity index (χ2v) is 7.17. The predicted octanol–water partition coefficient (Wildman–Crippen LogP) is 3.96. The van der Waals surface area contributed by atoms with Crippen molar-refractivity contribution < 1.29 is 8.42 Å². The summed E-state index contributed by atoms with van der Waals surface area (Å²) in [4.78, 5) is 4.43. The maximum absolute atomic E-state index is 12.5. The number of pyridine rings is 1. The first-order chi connectivity index (χ1) is 10.0. The van der Waals surface area contributed by atoms with Crippen molar-refractivity contribution in [3.8, 4) is 0 Å². The number of aromatic nitrogens is 1. The summed E-state index contributed by atoms with van der Waals surface area (Å²) in [6.45, 7) is 4.09. The van der Waals surface area contributed by atoms with Crippen LogP contribution in [0, 0.1) is 6.92 Å². The molecule has 21 heavy (non-hydrogen) atoms. The van der Waals surface area contributed by atoms with Crippen LogP contribution in [-0.2, 0) is 16.3 Å². The highest BCUT2D eigenvalue weighted by atomic mass is 32.2. The molecular formula is C17H21NO2S. The molecule has 0 unspecified atom stereocenters. The van der Waals surface area contributed by atoms with Gasteiger partial charge in [0.2, 0.25) is 9.84 Å². The molecule has 0 aliphatic heterocycles. The smallest absolute Gasteiger partial charge is 0.223 e. The summed E-state index contributed by atoms with van der Waals surface area (Å²) >= 11 is 0.